The number of aryl methyl sites for hydroxylation is 1. The molecular formula is C19H19S+. The van der Waals surface area contributed by atoms with Crippen LogP contribution in [0.5, 0.6) is 0 Å². The van der Waals surface area contributed by atoms with Crippen molar-refractivity contribution in [2.45, 2.75) is 29.6 Å². The summed E-state index contributed by atoms with van der Waals surface area (Å²) in [5.41, 5.74) is 1.38. The van der Waals surface area contributed by atoms with Crippen LogP contribution in [0.15, 0.2) is 87.5 Å². The molecule has 0 radical (unpaired) electrons. The molecule has 1 unspecified atom stereocenters. The molecule has 2 aromatic rings. The van der Waals surface area contributed by atoms with Crippen LogP contribution in [0.4, 0.5) is 0 Å². The molecular weight excluding hydrogens is 260 g/mol. The number of hydrogen-bond donors (Lipinski definition) is 0. The molecule has 0 spiro atoms. The van der Waals surface area contributed by atoms with Crippen molar-refractivity contribution >= 4 is 10.9 Å². The fourth-order valence-corrected chi connectivity index (χ4v) is 4.92. The Morgan fingerprint density at radius 3 is 2.35 bits per heavy atom. The van der Waals surface area contributed by atoms with Crippen LogP contribution >= 0.6 is 0 Å². The van der Waals surface area contributed by atoms with Crippen molar-refractivity contribution in [1.29, 1.82) is 0 Å². The summed E-state index contributed by atoms with van der Waals surface area (Å²) in [5.74, 6) is 0. The summed E-state index contributed by atoms with van der Waals surface area (Å²) in [5, 5.41) is 0. The molecule has 3 rings (SSSR count). The first-order valence-corrected chi connectivity index (χ1v) is 8.29. The minimum atomic E-state index is 0.0606. The summed E-state index contributed by atoms with van der Waals surface area (Å²) in [4.78, 5) is 4.43. The van der Waals surface area contributed by atoms with Crippen LogP contribution in [0.2, 0.25) is 0 Å². The highest BCUT2D eigenvalue weighted by atomic mass is 32.2. The van der Waals surface area contributed by atoms with E-state index in [-0.39, 0.29) is 10.9 Å². The molecule has 1 heteroatoms. The van der Waals surface area contributed by atoms with Gasteiger partial charge in [0, 0.05) is 12.0 Å². The highest BCUT2D eigenvalue weighted by Crippen LogP contribution is 2.35. The van der Waals surface area contributed by atoms with Gasteiger partial charge in [0.2, 0.25) is 0 Å². The van der Waals surface area contributed by atoms with Crippen molar-refractivity contribution in [3.8, 4) is 0 Å². The van der Waals surface area contributed by atoms with Crippen LogP contribution in [-0.4, -0.2) is 0 Å². The van der Waals surface area contributed by atoms with Crippen molar-refractivity contribution in [3.63, 3.8) is 0 Å². The average Bonchev–Trinajstić information content (AvgIpc) is 2.52. The molecule has 0 saturated carbocycles. The second kappa shape index (κ2) is 6.15. The highest BCUT2D eigenvalue weighted by Gasteiger charge is 2.31. The van der Waals surface area contributed by atoms with E-state index in [9.17, 15) is 0 Å². The summed E-state index contributed by atoms with van der Waals surface area (Å²) in [7, 11) is 0.0606. The lowest BCUT2D eigenvalue weighted by molar-refractivity contribution is 1.01. The summed E-state index contributed by atoms with van der Waals surface area (Å²) in [6.45, 7) is 2.22. The lowest BCUT2D eigenvalue weighted by atomic mass is 10.2. The zero-order valence-corrected chi connectivity index (χ0v) is 12.6. The first kappa shape index (κ1) is 13.3. The Balaban J connectivity index is 2.11. The number of allylic oxidation sites excluding steroid dienone is 4. The molecule has 0 amide bonds. The molecule has 0 aromatic heterocycles. The molecule has 0 bridgehead atoms. The maximum absolute atomic E-state index is 2.31. The average molecular weight is 279 g/mol. The molecule has 0 nitrogen and oxygen atoms in total. The monoisotopic (exact) mass is 279 g/mol. The highest BCUT2D eigenvalue weighted by molar-refractivity contribution is 8.00. The van der Waals surface area contributed by atoms with E-state index in [0.29, 0.717) is 0 Å². The van der Waals surface area contributed by atoms with Gasteiger partial charge in [-0.3, -0.25) is 0 Å². The maximum Gasteiger partial charge on any atom is 0.169 e. The van der Waals surface area contributed by atoms with E-state index in [1.54, 1.807) is 4.91 Å². The Bertz CT molecular complexity index is 638. The molecule has 1 atom stereocenters. The van der Waals surface area contributed by atoms with Gasteiger partial charge >= 0.3 is 0 Å². The van der Waals surface area contributed by atoms with Crippen molar-refractivity contribution in [2.24, 2.45) is 0 Å². The topological polar surface area (TPSA) is 0 Å². The summed E-state index contributed by atoms with van der Waals surface area (Å²) >= 11 is 0. The second-order valence-corrected chi connectivity index (χ2v) is 7.03. The van der Waals surface area contributed by atoms with Crippen LogP contribution < -0.4 is 0 Å². The Kier molecular flexibility index (Phi) is 4.08. The molecule has 1 aliphatic carbocycles. The van der Waals surface area contributed by atoms with E-state index in [4.69, 9.17) is 0 Å². The fourth-order valence-electron chi connectivity index (χ4n) is 2.51. The van der Waals surface area contributed by atoms with Crippen LogP contribution in [0.3, 0.4) is 0 Å². The van der Waals surface area contributed by atoms with Gasteiger partial charge in [-0.05, 0) is 37.6 Å². The summed E-state index contributed by atoms with van der Waals surface area (Å²) in [6.07, 6.45) is 9.11. The zero-order valence-electron chi connectivity index (χ0n) is 11.8. The molecule has 2 aromatic carbocycles. The van der Waals surface area contributed by atoms with Crippen molar-refractivity contribution < 1.29 is 0 Å². The Labute approximate surface area is 124 Å². The number of hydrogen-bond acceptors (Lipinski definition) is 0. The van der Waals surface area contributed by atoms with Gasteiger partial charge < -0.3 is 0 Å². The Morgan fingerprint density at radius 2 is 1.65 bits per heavy atom. The van der Waals surface area contributed by atoms with E-state index < -0.39 is 0 Å². The quantitative estimate of drug-likeness (QED) is 0.672. The van der Waals surface area contributed by atoms with Gasteiger partial charge in [-0.1, -0.05) is 48.6 Å². The third-order valence-electron chi connectivity index (χ3n) is 3.53. The lowest BCUT2D eigenvalue weighted by Crippen LogP contribution is -2.09. The SMILES string of the molecule is Cc1ccccc1[S+](C1=CC=CCC1)c1ccccc1. The molecule has 20 heavy (non-hydrogen) atoms. The largest absolute Gasteiger partial charge is 0.169 e. The number of rotatable bonds is 3. The summed E-state index contributed by atoms with van der Waals surface area (Å²) in [6, 6.07) is 19.7. The molecule has 100 valence electrons. The Morgan fingerprint density at radius 1 is 0.900 bits per heavy atom. The smallest absolute Gasteiger partial charge is 0.0839 e. The third-order valence-corrected chi connectivity index (χ3v) is 6.04. The fraction of sp³-hybridized carbons (Fsp3) is 0.158. The van der Waals surface area contributed by atoms with Crippen LogP contribution in [0, 0.1) is 6.92 Å². The molecule has 0 aliphatic heterocycles. The van der Waals surface area contributed by atoms with Gasteiger partial charge in [0.25, 0.3) is 0 Å². The van der Waals surface area contributed by atoms with Crippen molar-refractivity contribution in [2.75, 3.05) is 0 Å². The first-order chi connectivity index (χ1) is 9.86. The van der Waals surface area contributed by atoms with Crippen LogP contribution in [0.25, 0.3) is 0 Å². The van der Waals surface area contributed by atoms with Gasteiger partial charge in [0.05, 0.1) is 10.9 Å². The van der Waals surface area contributed by atoms with Crippen LogP contribution in [-0.2, 0) is 10.9 Å². The van der Waals surface area contributed by atoms with Gasteiger partial charge in [0.15, 0.2) is 9.79 Å². The minimum absolute atomic E-state index is 0.0606. The van der Waals surface area contributed by atoms with E-state index in [0.717, 1.165) is 6.42 Å². The van der Waals surface area contributed by atoms with Gasteiger partial charge in [-0.2, -0.15) is 0 Å². The Hall–Kier alpha value is -1.73. The summed E-state index contributed by atoms with van der Waals surface area (Å²) < 4.78 is 0. The van der Waals surface area contributed by atoms with Gasteiger partial charge in [-0.15, -0.1) is 0 Å². The van der Waals surface area contributed by atoms with Crippen molar-refractivity contribution in [1.82, 2.24) is 0 Å². The zero-order chi connectivity index (χ0) is 13.8. The molecule has 0 saturated heterocycles. The van der Waals surface area contributed by atoms with Crippen LogP contribution in [0.1, 0.15) is 18.4 Å². The predicted octanol–water partition coefficient (Wildman–Crippen LogP) is 5.27. The van der Waals surface area contributed by atoms with Gasteiger partial charge in [0.1, 0.15) is 4.91 Å². The minimum Gasteiger partial charge on any atom is -0.0839 e. The maximum atomic E-state index is 2.31. The van der Waals surface area contributed by atoms with Crippen molar-refractivity contribution in [3.05, 3.63) is 83.3 Å². The lowest BCUT2D eigenvalue weighted by Gasteiger charge is -2.13. The van der Waals surface area contributed by atoms with E-state index >= 15 is 0 Å². The normalized spacial score (nSPS) is 15.8. The van der Waals surface area contributed by atoms with E-state index in [2.05, 4.69) is 79.7 Å². The molecule has 0 N–H and O–H groups in total. The first-order valence-electron chi connectivity index (χ1n) is 7.07. The van der Waals surface area contributed by atoms with Gasteiger partial charge in [-0.25, -0.2) is 0 Å². The molecule has 0 fully saturated rings. The van der Waals surface area contributed by atoms with E-state index in [1.807, 2.05) is 0 Å². The number of benzene rings is 2. The third kappa shape index (κ3) is 2.73. The van der Waals surface area contributed by atoms with E-state index in [1.165, 1.54) is 21.8 Å². The predicted molar refractivity (Wildman–Crippen MR) is 88.0 cm³/mol. The molecule has 1 aliphatic rings. The second-order valence-electron chi connectivity index (χ2n) is 4.98. The standard InChI is InChI=1S/C19H19S/c1-16-10-8-9-15-19(16)20(17-11-4-2-5-12-17)18-13-6-3-7-14-18/h2-6,8-13,15H,7,14H2,1H3/q+1. The molecule has 0 heterocycles.